The van der Waals surface area contributed by atoms with Gasteiger partial charge in [-0.1, -0.05) is 43.3 Å². The van der Waals surface area contributed by atoms with E-state index in [1.807, 2.05) is 48.5 Å². The molecule has 0 fully saturated rings. The van der Waals surface area contributed by atoms with Crippen molar-refractivity contribution in [3.8, 4) is 11.5 Å². The number of benzene rings is 2. The van der Waals surface area contributed by atoms with Gasteiger partial charge in [-0.2, -0.15) is 0 Å². The summed E-state index contributed by atoms with van der Waals surface area (Å²) < 4.78 is 11.0. The lowest BCUT2D eigenvalue weighted by Crippen LogP contribution is -2.21. The summed E-state index contributed by atoms with van der Waals surface area (Å²) in [7, 11) is 1.64. The number of hydrogen-bond acceptors (Lipinski definition) is 4. The average Bonchev–Trinajstić information content (AvgIpc) is 2.61. The lowest BCUT2D eigenvalue weighted by Gasteiger charge is -2.14. The molecule has 1 atom stereocenters. The van der Waals surface area contributed by atoms with Crippen molar-refractivity contribution in [3.05, 3.63) is 59.7 Å². The fraction of sp³-hybridized carbons (Fsp3) is 0.368. The van der Waals surface area contributed by atoms with Crippen molar-refractivity contribution in [3.63, 3.8) is 0 Å². The Balaban J connectivity index is 1.88. The maximum Gasteiger partial charge on any atom is 0.161 e. The van der Waals surface area contributed by atoms with Crippen molar-refractivity contribution in [2.45, 2.75) is 26.0 Å². The number of methoxy groups -OCH3 is 1. The highest BCUT2D eigenvalue weighted by Gasteiger charge is 2.08. The lowest BCUT2D eigenvalue weighted by atomic mass is 10.1. The number of nitrogens with one attached hydrogen (secondary N) is 1. The molecular weight excluding hydrogens is 290 g/mol. The standard InChI is InChI=1S/C19H25NO3/c1-3-11-23-18-10-9-15(12-19(18)22-2)13-20-14-17(21)16-7-5-4-6-8-16/h4-10,12,17,20-21H,3,11,13-14H2,1-2H3/t17-/m1/s1. The van der Waals surface area contributed by atoms with Gasteiger partial charge in [0.1, 0.15) is 0 Å². The zero-order valence-corrected chi connectivity index (χ0v) is 13.8. The molecule has 0 radical (unpaired) electrons. The second-order valence-electron chi connectivity index (χ2n) is 5.39. The van der Waals surface area contributed by atoms with Crippen LogP contribution in [0.1, 0.15) is 30.6 Å². The summed E-state index contributed by atoms with van der Waals surface area (Å²) in [5.74, 6) is 1.50. The molecule has 23 heavy (non-hydrogen) atoms. The molecule has 2 aromatic carbocycles. The highest BCUT2D eigenvalue weighted by Crippen LogP contribution is 2.28. The molecule has 0 aliphatic heterocycles. The normalized spacial score (nSPS) is 12.0. The van der Waals surface area contributed by atoms with Gasteiger partial charge in [0.25, 0.3) is 0 Å². The third-order valence-corrected chi connectivity index (χ3v) is 3.54. The molecule has 2 rings (SSSR count). The maximum absolute atomic E-state index is 10.1. The summed E-state index contributed by atoms with van der Waals surface area (Å²) in [5, 5.41) is 13.4. The predicted octanol–water partition coefficient (Wildman–Crippen LogP) is 3.31. The molecule has 0 bridgehead atoms. The Morgan fingerprint density at radius 2 is 1.87 bits per heavy atom. The van der Waals surface area contributed by atoms with Crippen LogP contribution in [0.3, 0.4) is 0 Å². The van der Waals surface area contributed by atoms with Crippen LogP contribution in [-0.4, -0.2) is 25.4 Å². The molecule has 0 saturated carbocycles. The molecule has 124 valence electrons. The first-order valence-corrected chi connectivity index (χ1v) is 7.98. The second-order valence-corrected chi connectivity index (χ2v) is 5.39. The predicted molar refractivity (Wildman–Crippen MR) is 91.9 cm³/mol. The van der Waals surface area contributed by atoms with E-state index in [0.717, 1.165) is 29.0 Å². The van der Waals surface area contributed by atoms with Gasteiger partial charge in [-0.3, -0.25) is 0 Å². The molecule has 2 N–H and O–H groups in total. The summed E-state index contributed by atoms with van der Waals surface area (Å²) in [4.78, 5) is 0. The van der Waals surface area contributed by atoms with Crippen LogP contribution in [0.4, 0.5) is 0 Å². The zero-order valence-electron chi connectivity index (χ0n) is 13.8. The minimum Gasteiger partial charge on any atom is -0.493 e. The first-order valence-electron chi connectivity index (χ1n) is 7.98. The van der Waals surface area contributed by atoms with Gasteiger partial charge in [-0.25, -0.2) is 0 Å². The highest BCUT2D eigenvalue weighted by molar-refractivity contribution is 5.42. The molecule has 0 spiro atoms. The lowest BCUT2D eigenvalue weighted by molar-refractivity contribution is 0.174. The summed E-state index contributed by atoms with van der Waals surface area (Å²) in [6, 6.07) is 15.6. The Hall–Kier alpha value is -2.04. The van der Waals surface area contributed by atoms with E-state index in [-0.39, 0.29) is 0 Å². The van der Waals surface area contributed by atoms with Crippen LogP contribution in [0.15, 0.2) is 48.5 Å². The molecule has 0 saturated heterocycles. The van der Waals surface area contributed by atoms with Gasteiger partial charge >= 0.3 is 0 Å². The quantitative estimate of drug-likeness (QED) is 0.745. The van der Waals surface area contributed by atoms with Crippen molar-refractivity contribution in [1.82, 2.24) is 5.32 Å². The minimum absolute atomic E-state index is 0.500. The number of ether oxygens (including phenoxy) is 2. The average molecular weight is 315 g/mol. The van der Waals surface area contributed by atoms with Crippen LogP contribution in [-0.2, 0) is 6.54 Å². The van der Waals surface area contributed by atoms with Crippen LogP contribution < -0.4 is 14.8 Å². The van der Waals surface area contributed by atoms with Crippen molar-refractivity contribution in [2.24, 2.45) is 0 Å². The van der Waals surface area contributed by atoms with Crippen LogP contribution in [0, 0.1) is 0 Å². The largest absolute Gasteiger partial charge is 0.493 e. The van der Waals surface area contributed by atoms with Crippen molar-refractivity contribution < 1.29 is 14.6 Å². The first kappa shape index (κ1) is 17.3. The number of rotatable bonds is 9. The van der Waals surface area contributed by atoms with Crippen LogP contribution in [0.5, 0.6) is 11.5 Å². The van der Waals surface area contributed by atoms with Gasteiger partial charge < -0.3 is 19.9 Å². The fourth-order valence-corrected chi connectivity index (χ4v) is 2.30. The number of aliphatic hydroxyl groups is 1. The Kier molecular flexibility index (Phi) is 6.91. The Morgan fingerprint density at radius 1 is 1.09 bits per heavy atom. The van der Waals surface area contributed by atoms with Gasteiger partial charge in [-0.05, 0) is 29.7 Å². The van der Waals surface area contributed by atoms with Gasteiger partial charge in [0.15, 0.2) is 11.5 Å². The van der Waals surface area contributed by atoms with Crippen LogP contribution in [0.2, 0.25) is 0 Å². The summed E-state index contributed by atoms with van der Waals surface area (Å²) in [6.45, 7) is 3.91. The molecule has 0 aromatic heterocycles. The van der Waals surface area contributed by atoms with Crippen molar-refractivity contribution >= 4 is 0 Å². The summed E-state index contributed by atoms with van der Waals surface area (Å²) in [6.07, 6.45) is 0.453. The summed E-state index contributed by atoms with van der Waals surface area (Å²) >= 11 is 0. The molecule has 4 heteroatoms. The Morgan fingerprint density at radius 3 is 2.57 bits per heavy atom. The Labute approximate surface area is 138 Å². The third-order valence-electron chi connectivity index (χ3n) is 3.54. The third kappa shape index (κ3) is 5.27. The molecule has 0 heterocycles. The van der Waals surface area contributed by atoms with Crippen molar-refractivity contribution in [2.75, 3.05) is 20.3 Å². The van der Waals surface area contributed by atoms with E-state index < -0.39 is 6.10 Å². The molecule has 0 aliphatic carbocycles. The van der Waals surface area contributed by atoms with Gasteiger partial charge in [-0.15, -0.1) is 0 Å². The van der Waals surface area contributed by atoms with Crippen molar-refractivity contribution in [1.29, 1.82) is 0 Å². The van der Waals surface area contributed by atoms with Crippen LogP contribution >= 0.6 is 0 Å². The van der Waals surface area contributed by atoms with E-state index in [0.29, 0.717) is 19.7 Å². The van der Waals surface area contributed by atoms with Gasteiger partial charge in [0.05, 0.1) is 19.8 Å². The van der Waals surface area contributed by atoms with E-state index in [1.165, 1.54) is 0 Å². The fourth-order valence-electron chi connectivity index (χ4n) is 2.30. The smallest absolute Gasteiger partial charge is 0.161 e. The SMILES string of the molecule is CCCOc1ccc(CNC[C@@H](O)c2ccccc2)cc1OC. The van der Waals surface area contributed by atoms with Gasteiger partial charge in [0.2, 0.25) is 0 Å². The van der Waals surface area contributed by atoms with Crippen LogP contribution in [0.25, 0.3) is 0 Å². The molecule has 0 unspecified atom stereocenters. The number of hydrogen-bond donors (Lipinski definition) is 2. The molecular formula is C19H25NO3. The Bertz CT molecular complexity index is 586. The van der Waals surface area contributed by atoms with E-state index in [1.54, 1.807) is 7.11 Å². The second kappa shape index (κ2) is 9.18. The van der Waals surface area contributed by atoms with E-state index in [4.69, 9.17) is 9.47 Å². The first-order chi connectivity index (χ1) is 11.2. The topological polar surface area (TPSA) is 50.7 Å². The minimum atomic E-state index is -0.509. The van der Waals surface area contributed by atoms with E-state index in [9.17, 15) is 5.11 Å². The van der Waals surface area contributed by atoms with E-state index >= 15 is 0 Å². The van der Waals surface area contributed by atoms with Gasteiger partial charge in [0, 0.05) is 13.1 Å². The highest BCUT2D eigenvalue weighted by atomic mass is 16.5. The molecule has 4 nitrogen and oxygen atoms in total. The maximum atomic E-state index is 10.1. The zero-order chi connectivity index (χ0) is 16.5. The molecule has 0 aliphatic rings. The molecule has 0 amide bonds. The number of aliphatic hydroxyl groups excluding tert-OH is 1. The summed E-state index contributed by atoms with van der Waals surface area (Å²) in [5.41, 5.74) is 2.01. The monoisotopic (exact) mass is 315 g/mol. The molecule has 2 aromatic rings. The van der Waals surface area contributed by atoms with E-state index in [2.05, 4.69) is 12.2 Å².